The van der Waals surface area contributed by atoms with Crippen LogP contribution in [0.5, 0.6) is 0 Å². The molecule has 1 N–H and O–H groups in total. The van der Waals surface area contributed by atoms with Crippen LogP contribution >= 0.6 is 0 Å². The summed E-state index contributed by atoms with van der Waals surface area (Å²) < 4.78 is 0. The lowest BCUT2D eigenvalue weighted by Gasteiger charge is -2.42. The normalized spacial score (nSPS) is 34.3. The van der Waals surface area contributed by atoms with Crippen LogP contribution < -0.4 is 5.32 Å². The van der Waals surface area contributed by atoms with E-state index in [1.165, 1.54) is 52.0 Å². The van der Waals surface area contributed by atoms with Crippen molar-refractivity contribution >= 4 is 0 Å². The van der Waals surface area contributed by atoms with E-state index < -0.39 is 0 Å². The molecule has 2 aliphatic rings. The van der Waals surface area contributed by atoms with Gasteiger partial charge in [-0.2, -0.15) is 0 Å². The third-order valence-corrected chi connectivity index (χ3v) is 6.07. The van der Waals surface area contributed by atoms with E-state index in [1.807, 2.05) is 0 Å². The summed E-state index contributed by atoms with van der Waals surface area (Å²) in [5.74, 6) is 2.45. The second kappa shape index (κ2) is 7.94. The van der Waals surface area contributed by atoms with E-state index in [2.05, 4.69) is 49.9 Å². The average Bonchev–Trinajstić information content (AvgIpc) is 2.45. The van der Waals surface area contributed by atoms with Gasteiger partial charge in [0, 0.05) is 44.8 Å². The van der Waals surface area contributed by atoms with Gasteiger partial charge in [0.2, 0.25) is 0 Å². The molecule has 1 saturated heterocycles. The summed E-state index contributed by atoms with van der Waals surface area (Å²) >= 11 is 0. The Kier molecular flexibility index (Phi) is 6.51. The predicted octanol–water partition coefficient (Wildman–Crippen LogP) is 2.67. The fraction of sp³-hybridized carbons (Fsp3) is 1.00. The van der Waals surface area contributed by atoms with E-state index in [9.17, 15) is 0 Å². The second-order valence-electron chi connectivity index (χ2n) is 7.93. The monoisotopic (exact) mass is 295 g/mol. The van der Waals surface area contributed by atoms with E-state index in [4.69, 9.17) is 0 Å². The van der Waals surface area contributed by atoms with Crippen LogP contribution in [0.4, 0.5) is 0 Å². The molecule has 0 radical (unpaired) electrons. The fourth-order valence-corrected chi connectivity index (χ4v) is 4.08. The molecule has 3 nitrogen and oxygen atoms in total. The summed E-state index contributed by atoms with van der Waals surface area (Å²) in [5, 5.41) is 3.94. The van der Waals surface area contributed by atoms with Crippen molar-refractivity contribution in [3.63, 3.8) is 0 Å². The largest absolute Gasteiger partial charge is 0.312 e. The Morgan fingerprint density at radius 2 is 1.71 bits per heavy atom. The van der Waals surface area contributed by atoms with Crippen LogP contribution in [0.3, 0.4) is 0 Å². The van der Waals surface area contributed by atoms with Gasteiger partial charge in [-0.3, -0.25) is 4.90 Å². The van der Waals surface area contributed by atoms with Gasteiger partial charge in [-0.25, -0.2) is 0 Å². The van der Waals surface area contributed by atoms with Crippen LogP contribution in [-0.2, 0) is 0 Å². The molecule has 4 unspecified atom stereocenters. The molecule has 0 aromatic carbocycles. The Morgan fingerprint density at radius 3 is 2.33 bits per heavy atom. The molecule has 21 heavy (non-hydrogen) atoms. The Bertz CT molecular complexity index is 297. The highest BCUT2D eigenvalue weighted by atomic mass is 15.3. The van der Waals surface area contributed by atoms with Crippen LogP contribution in [0, 0.1) is 17.8 Å². The molecular weight excluding hydrogens is 258 g/mol. The minimum atomic E-state index is 0.697. The highest BCUT2D eigenvalue weighted by molar-refractivity contribution is 4.86. The quantitative estimate of drug-likeness (QED) is 0.841. The van der Waals surface area contributed by atoms with Crippen molar-refractivity contribution in [2.24, 2.45) is 17.8 Å². The maximum absolute atomic E-state index is 3.94. The molecule has 0 aromatic heterocycles. The highest BCUT2D eigenvalue weighted by Crippen LogP contribution is 2.29. The number of hydrogen-bond acceptors (Lipinski definition) is 3. The molecule has 0 aromatic rings. The summed E-state index contributed by atoms with van der Waals surface area (Å²) in [7, 11) is 2.24. The molecule has 0 amide bonds. The molecule has 2 rings (SSSR count). The zero-order valence-electron chi connectivity index (χ0n) is 14.9. The fourth-order valence-electron chi connectivity index (χ4n) is 4.08. The highest BCUT2D eigenvalue weighted by Gasteiger charge is 2.29. The number of rotatable bonds is 5. The lowest BCUT2D eigenvalue weighted by Crippen LogP contribution is -2.55. The van der Waals surface area contributed by atoms with Gasteiger partial charge in [-0.1, -0.05) is 40.5 Å². The Balaban J connectivity index is 1.85. The first-order valence-electron chi connectivity index (χ1n) is 9.15. The SMILES string of the molecule is CC(C)C(CNC1CCCC(C)C1C)N1CCN(C)CC1. The Labute approximate surface area is 132 Å². The first-order chi connectivity index (χ1) is 9.99. The molecule has 4 atom stereocenters. The third kappa shape index (κ3) is 4.67. The Morgan fingerprint density at radius 1 is 1.05 bits per heavy atom. The standard InChI is InChI=1S/C18H37N3/c1-14(2)18(21-11-9-20(5)10-12-21)13-19-17-8-6-7-15(3)16(17)4/h14-19H,6-13H2,1-5H3. The summed E-state index contributed by atoms with van der Waals surface area (Å²) in [5.41, 5.74) is 0. The van der Waals surface area contributed by atoms with Gasteiger partial charge in [0.25, 0.3) is 0 Å². The number of hydrogen-bond donors (Lipinski definition) is 1. The minimum Gasteiger partial charge on any atom is -0.312 e. The predicted molar refractivity (Wildman–Crippen MR) is 91.7 cm³/mol. The van der Waals surface area contributed by atoms with Gasteiger partial charge in [-0.15, -0.1) is 0 Å². The van der Waals surface area contributed by atoms with Gasteiger partial charge >= 0.3 is 0 Å². The van der Waals surface area contributed by atoms with Gasteiger partial charge in [0.15, 0.2) is 0 Å². The van der Waals surface area contributed by atoms with Crippen molar-refractivity contribution in [2.45, 2.75) is 59.0 Å². The summed E-state index contributed by atoms with van der Waals surface area (Å²) in [6.07, 6.45) is 4.20. The van der Waals surface area contributed by atoms with Crippen LogP contribution in [0.15, 0.2) is 0 Å². The first-order valence-corrected chi connectivity index (χ1v) is 9.15. The van der Waals surface area contributed by atoms with E-state index in [0.717, 1.165) is 23.8 Å². The minimum absolute atomic E-state index is 0.697. The molecular formula is C18H37N3. The number of nitrogens with zero attached hydrogens (tertiary/aromatic N) is 2. The van der Waals surface area contributed by atoms with Crippen molar-refractivity contribution in [3.8, 4) is 0 Å². The molecule has 124 valence electrons. The molecule has 1 aliphatic heterocycles. The van der Waals surface area contributed by atoms with E-state index >= 15 is 0 Å². The summed E-state index contributed by atoms with van der Waals surface area (Å²) in [6.45, 7) is 15.7. The maximum Gasteiger partial charge on any atom is 0.0244 e. The van der Waals surface area contributed by atoms with E-state index in [0.29, 0.717) is 6.04 Å². The lowest BCUT2D eigenvalue weighted by molar-refractivity contribution is 0.0812. The van der Waals surface area contributed by atoms with Gasteiger partial charge in [-0.05, 0) is 31.2 Å². The molecule has 1 saturated carbocycles. The van der Waals surface area contributed by atoms with Gasteiger partial charge in [0.1, 0.15) is 0 Å². The maximum atomic E-state index is 3.94. The zero-order valence-corrected chi connectivity index (χ0v) is 14.9. The van der Waals surface area contributed by atoms with Crippen molar-refractivity contribution in [3.05, 3.63) is 0 Å². The summed E-state index contributed by atoms with van der Waals surface area (Å²) in [4.78, 5) is 5.17. The van der Waals surface area contributed by atoms with Crippen LogP contribution in [0.2, 0.25) is 0 Å². The van der Waals surface area contributed by atoms with Crippen molar-refractivity contribution in [1.29, 1.82) is 0 Å². The molecule has 0 bridgehead atoms. The smallest absolute Gasteiger partial charge is 0.0244 e. The molecule has 2 fully saturated rings. The van der Waals surface area contributed by atoms with Gasteiger partial charge < -0.3 is 10.2 Å². The summed E-state index contributed by atoms with van der Waals surface area (Å²) in [6, 6.07) is 1.44. The molecule has 1 aliphatic carbocycles. The molecule has 3 heteroatoms. The number of likely N-dealkylation sites (N-methyl/N-ethyl adjacent to an activating group) is 1. The van der Waals surface area contributed by atoms with Crippen molar-refractivity contribution < 1.29 is 0 Å². The average molecular weight is 296 g/mol. The van der Waals surface area contributed by atoms with Gasteiger partial charge in [0.05, 0.1) is 0 Å². The lowest BCUT2D eigenvalue weighted by atomic mass is 9.78. The molecule has 1 heterocycles. The first kappa shape index (κ1) is 17.2. The van der Waals surface area contributed by atoms with Crippen LogP contribution in [0.25, 0.3) is 0 Å². The van der Waals surface area contributed by atoms with E-state index in [1.54, 1.807) is 0 Å². The van der Waals surface area contributed by atoms with Crippen molar-refractivity contribution in [1.82, 2.24) is 15.1 Å². The van der Waals surface area contributed by atoms with Crippen molar-refractivity contribution in [2.75, 3.05) is 39.8 Å². The Hall–Kier alpha value is -0.120. The van der Waals surface area contributed by atoms with E-state index in [-0.39, 0.29) is 0 Å². The van der Waals surface area contributed by atoms with Crippen LogP contribution in [0.1, 0.15) is 47.0 Å². The third-order valence-electron chi connectivity index (χ3n) is 6.07. The number of nitrogens with one attached hydrogen (secondary N) is 1. The number of piperazine rings is 1. The molecule has 0 spiro atoms. The van der Waals surface area contributed by atoms with Crippen LogP contribution in [-0.4, -0.2) is 61.7 Å². The second-order valence-corrected chi connectivity index (χ2v) is 7.93. The topological polar surface area (TPSA) is 18.5 Å². The zero-order chi connectivity index (χ0) is 15.4.